The summed E-state index contributed by atoms with van der Waals surface area (Å²) in [4.78, 5) is 26.5. The van der Waals surface area contributed by atoms with Crippen LogP contribution in [0.3, 0.4) is 0 Å². The Morgan fingerprint density at radius 2 is 1.35 bits per heavy atom. The van der Waals surface area contributed by atoms with Gasteiger partial charge >= 0.3 is 5.97 Å². The zero-order valence-corrected chi connectivity index (χ0v) is 18.0. The molecule has 31 heavy (non-hydrogen) atoms. The van der Waals surface area contributed by atoms with Gasteiger partial charge in [0.2, 0.25) is 0 Å². The fourth-order valence-electron chi connectivity index (χ4n) is 2.85. The largest absolute Gasteiger partial charge is 0.497 e. The number of carbonyl (C=O) groups is 2. The number of hydrogen-bond acceptors (Lipinski definition) is 5. The molecule has 0 bridgehead atoms. The number of benzene rings is 3. The Balaban J connectivity index is 1.59. The standard InChI is InChI=1S/C25H25NO5/c1-17-5-7-19(8-6-17)24(27)26(3)20-9-11-23(12-10-20)31-25(28)18(2)30-22-15-13-21(29-4)14-16-22/h5-16,18H,1-4H3. The van der Waals surface area contributed by atoms with E-state index >= 15 is 0 Å². The zero-order chi connectivity index (χ0) is 22.4. The maximum Gasteiger partial charge on any atom is 0.352 e. The summed E-state index contributed by atoms with van der Waals surface area (Å²) >= 11 is 0. The van der Waals surface area contributed by atoms with Gasteiger partial charge in [0.1, 0.15) is 17.2 Å². The highest BCUT2D eigenvalue weighted by molar-refractivity contribution is 6.05. The minimum Gasteiger partial charge on any atom is -0.497 e. The van der Waals surface area contributed by atoms with Gasteiger partial charge in [-0.25, -0.2) is 4.79 Å². The molecule has 6 nitrogen and oxygen atoms in total. The van der Waals surface area contributed by atoms with Gasteiger partial charge in [0, 0.05) is 18.3 Å². The number of anilines is 1. The summed E-state index contributed by atoms with van der Waals surface area (Å²) in [5.41, 5.74) is 2.39. The summed E-state index contributed by atoms with van der Waals surface area (Å²) in [7, 11) is 3.28. The number of amides is 1. The van der Waals surface area contributed by atoms with Crippen LogP contribution in [0.5, 0.6) is 17.2 Å². The number of nitrogens with zero attached hydrogens (tertiary/aromatic N) is 1. The molecule has 0 fully saturated rings. The van der Waals surface area contributed by atoms with E-state index in [2.05, 4.69) is 0 Å². The van der Waals surface area contributed by atoms with Crippen molar-refractivity contribution in [3.8, 4) is 17.2 Å². The normalized spacial score (nSPS) is 11.4. The second-order valence-electron chi connectivity index (χ2n) is 7.08. The first kappa shape index (κ1) is 21.9. The third kappa shape index (κ3) is 5.63. The quantitative estimate of drug-likeness (QED) is 0.412. The van der Waals surface area contributed by atoms with Crippen molar-refractivity contribution >= 4 is 17.6 Å². The molecule has 3 aromatic rings. The summed E-state index contributed by atoms with van der Waals surface area (Å²) in [5, 5.41) is 0. The molecule has 0 aromatic heterocycles. The van der Waals surface area contributed by atoms with Gasteiger partial charge in [-0.2, -0.15) is 0 Å². The molecule has 0 saturated heterocycles. The highest BCUT2D eigenvalue weighted by Gasteiger charge is 2.18. The lowest BCUT2D eigenvalue weighted by Gasteiger charge is -2.18. The fraction of sp³-hybridized carbons (Fsp3) is 0.200. The second-order valence-corrected chi connectivity index (χ2v) is 7.08. The Morgan fingerprint density at radius 3 is 1.94 bits per heavy atom. The van der Waals surface area contributed by atoms with Crippen LogP contribution >= 0.6 is 0 Å². The molecule has 0 spiro atoms. The van der Waals surface area contributed by atoms with Gasteiger partial charge in [-0.15, -0.1) is 0 Å². The molecule has 3 aromatic carbocycles. The number of rotatable bonds is 7. The van der Waals surface area contributed by atoms with Crippen LogP contribution in [0.1, 0.15) is 22.8 Å². The van der Waals surface area contributed by atoms with Crippen LogP contribution in [0.25, 0.3) is 0 Å². The molecule has 0 aliphatic heterocycles. The Bertz CT molecular complexity index is 1030. The molecule has 0 N–H and O–H groups in total. The maximum atomic E-state index is 12.6. The van der Waals surface area contributed by atoms with Crippen LogP contribution in [-0.2, 0) is 4.79 Å². The highest BCUT2D eigenvalue weighted by Crippen LogP contribution is 2.22. The van der Waals surface area contributed by atoms with Crippen LogP contribution in [0.15, 0.2) is 72.8 Å². The second kappa shape index (κ2) is 9.80. The van der Waals surface area contributed by atoms with Crippen molar-refractivity contribution in [3.63, 3.8) is 0 Å². The van der Waals surface area contributed by atoms with E-state index in [4.69, 9.17) is 14.2 Å². The van der Waals surface area contributed by atoms with Crippen LogP contribution in [0, 0.1) is 6.92 Å². The lowest BCUT2D eigenvalue weighted by molar-refractivity contribution is -0.141. The molecule has 0 aliphatic rings. The summed E-state index contributed by atoms with van der Waals surface area (Å²) < 4.78 is 16.1. The van der Waals surface area contributed by atoms with E-state index in [0.717, 1.165) is 5.56 Å². The maximum absolute atomic E-state index is 12.6. The molecule has 6 heteroatoms. The van der Waals surface area contributed by atoms with Crippen molar-refractivity contribution in [3.05, 3.63) is 83.9 Å². The van der Waals surface area contributed by atoms with Gasteiger partial charge in [-0.05, 0) is 74.5 Å². The van der Waals surface area contributed by atoms with Gasteiger partial charge in [0.05, 0.1) is 7.11 Å². The third-order valence-corrected chi connectivity index (χ3v) is 4.75. The van der Waals surface area contributed by atoms with Crippen molar-refractivity contribution in [2.75, 3.05) is 19.1 Å². The van der Waals surface area contributed by atoms with Gasteiger partial charge in [0.15, 0.2) is 6.10 Å². The van der Waals surface area contributed by atoms with Crippen molar-refractivity contribution in [2.45, 2.75) is 20.0 Å². The van der Waals surface area contributed by atoms with Crippen molar-refractivity contribution in [1.82, 2.24) is 0 Å². The Morgan fingerprint density at radius 1 is 0.806 bits per heavy atom. The Labute approximate surface area is 182 Å². The van der Waals surface area contributed by atoms with E-state index in [1.807, 2.05) is 19.1 Å². The van der Waals surface area contributed by atoms with Crippen LogP contribution < -0.4 is 19.1 Å². The Hall–Kier alpha value is -3.80. The number of methoxy groups -OCH3 is 1. The van der Waals surface area contributed by atoms with E-state index in [9.17, 15) is 9.59 Å². The first-order valence-corrected chi connectivity index (χ1v) is 9.84. The van der Waals surface area contributed by atoms with E-state index in [1.165, 1.54) is 0 Å². The predicted octanol–water partition coefficient (Wildman–Crippen LogP) is 4.65. The number of aryl methyl sites for hydroxylation is 1. The summed E-state index contributed by atoms with van der Waals surface area (Å²) in [5.74, 6) is 0.972. The lowest BCUT2D eigenvalue weighted by Crippen LogP contribution is -2.28. The first-order chi connectivity index (χ1) is 14.9. The van der Waals surface area contributed by atoms with E-state index in [-0.39, 0.29) is 5.91 Å². The number of esters is 1. The smallest absolute Gasteiger partial charge is 0.352 e. The molecule has 0 radical (unpaired) electrons. The number of ether oxygens (including phenoxy) is 3. The average Bonchev–Trinajstić information content (AvgIpc) is 2.79. The lowest BCUT2D eigenvalue weighted by atomic mass is 10.1. The van der Waals surface area contributed by atoms with Gasteiger partial charge in [-0.3, -0.25) is 4.79 Å². The molecule has 1 atom stereocenters. The van der Waals surface area contributed by atoms with Crippen LogP contribution in [0.2, 0.25) is 0 Å². The predicted molar refractivity (Wildman–Crippen MR) is 119 cm³/mol. The monoisotopic (exact) mass is 419 g/mol. The SMILES string of the molecule is COc1ccc(OC(C)C(=O)Oc2ccc(N(C)C(=O)c3ccc(C)cc3)cc2)cc1. The van der Waals surface area contributed by atoms with Crippen molar-refractivity contribution in [2.24, 2.45) is 0 Å². The average molecular weight is 419 g/mol. The zero-order valence-electron chi connectivity index (χ0n) is 18.0. The van der Waals surface area contributed by atoms with E-state index < -0.39 is 12.1 Å². The number of carbonyl (C=O) groups excluding carboxylic acids is 2. The molecular weight excluding hydrogens is 394 g/mol. The highest BCUT2D eigenvalue weighted by atomic mass is 16.6. The van der Waals surface area contributed by atoms with Crippen molar-refractivity contribution < 1.29 is 23.8 Å². The molecular formula is C25H25NO5. The summed E-state index contributed by atoms with van der Waals surface area (Å²) in [6, 6.07) is 21.1. The Kier molecular flexibility index (Phi) is 6.92. The van der Waals surface area contributed by atoms with E-state index in [0.29, 0.717) is 28.5 Å². The van der Waals surface area contributed by atoms with Crippen LogP contribution in [0.4, 0.5) is 5.69 Å². The van der Waals surface area contributed by atoms with Gasteiger partial charge < -0.3 is 19.1 Å². The van der Waals surface area contributed by atoms with Crippen molar-refractivity contribution in [1.29, 1.82) is 0 Å². The summed E-state index contributed by atoms with van der Waals surface area (Å²) in [6.07, 6.45) is -0.793. The molecule has 160 valence electrons. The van der Waals surface area contributed by atoms with E-state index in [1.54, 1.807) is 86.6 Å². The molecule has 0 saturated carbocycles. The topological polar surface area (TPSA) is 65.1 Å². The fourth-order valence-corrected chi connectivity index (χ4v) is 2.85. The molecule has 1 amide bonds. The summed E-state index contributed by atoms with van der Waals surface area (Å²) in [6.45, 7) is 3.59. The molecule has 0 aliphatic carbocycles. The van der Waals surface area contributed by atoms with Crippen LogP contribution in [-0.4, -0.2) is 32.1 Å². The molecule has 3 rings (SSSR count). The third-order valence-electron chi connectivity index (χ3n) is 4.75. The number of hydrogen-bond donors (Lipinski definition) is 0. The minimum absolute atomic E-state index is 0.119. The minimum atomic E-state index is -0.793. The molecule has 0 heterocycles. The first-order valence-electron chi connectivity index (χ1n) is 9.84. The van der Waals surface area contributed by atoms with Gasteiger partial charge in [-0.1, -0.05) is 17.7 Å². The van der Waals surface area contributed by atoms with Gasteiger partial charge in [0.25, 0.3) is 5.91 Å². The molecule has 1 unspecified atom stereocenters.